The first-order valence-corrected chi connectivity index (χ1v) is 8.05. The third kappa shape index (κ3) is 3.74. The van der Waals surface area contributed by atoms with Crippen molar-refractivity contribution >= 4 is 27.4 Å². The maximum atomic E-state index is 11.5. The quantitative estimate of drug-likeness (QED) is 0.932. The van der Waals surface area contributed by atoms with Crippen LogP contribution in [0, 0.1) is 0 Å². The first-order valence-electron chi connectivity index (χ1n) is 5.78. The van der Waals surface area contributed by atoms with Gasteiger partial charge in [-0.3, -0.25) is 0 Å². The van der Waals surface area contributed by atoms with Gasteiger partial charge < -0.3 is 9.84 Å². The second-order valence-electron chi connectivity index (χ2n) is 4.30. The van der Waals surface area contributed by atoms with E-state index in [0.29, 0.717) is 5.75 Å². The molecule has 21 heavy (non-hydrogen) atoms. The molecule has 0 heterocycles. The molecule has 0 amide bonds. The minimum absolute atomic E-state index is 0.0391. The molecule has 2 aromatic carbocycles. The van der Waals surface area contributed by atoms with Gasteiger partial charge in [0.25, 0.3) is 0 Å². The van der Waals surface area contributed by atoms with Gasteiger partial charge in [-0.05, 0) is 36.4 Å². The number of ether oxygens (including phenoxy) is 1. The molecule has 0 saturated heterocycles. The molecule has 0 radical (unpaired) electrons. The van der Waals surface area contributed by atoms with Crippen molar-refractivity contribution in [2.45, 2.75) is 4.90 Å². The molecule has 0 aromatic heterocycles. The second-order valence-corrected chi connectivity index (χ2v) is 6.72. The van der Waals surface area contributed by atoms with E-state index in [2.05, 4.69) is 0 Å². The summed E-state index contributed by atoms with van der Waals surface area (Å²) in [5, 5.41) is 8.97. The molecule has 2 aromatic rings. The van der Waals surface area contributed by atoms with E-state index in [-0.39, 0.29) is 21.2 Å². The minimum Gasteiger partial charge on any atom is -0.478 e. The first kappa shape index (κ1) is 15.3. The third-order valence-electron chi connectivity index (χ3n) is 2.64. The zero-order valence-corrected chi connectivity index (χ0v) is 12.5. The number of halogens is 1. The summed E-state index contributed by atoms with van der Waals surface area (Å²) in [6.07, 6.45) is 1.10. The van der Waals surface area contributed by atoms with Gasteiger partial charge in [-0.25, -0.2) is 13.2 Å². The highest BCUT2D eigenvalue weighted by atomic mass is 35.5. The zero-order valence-electron chi connectivity index (χ0n) is 10.9. The molecule has 1 N–H and O–H groups in total. The van der Waals surface area contributed by atoms with Crippen molar-refractivity contribution in [1.29, 1.82) is 0 Å². The maximum Gasteiger partial charge on any atom is 0.335 e. The van der Waals surface area contributed by atoms with Gasteiger partial charge in [0.1, 0.15) is 11.5 Å². The van der Waals surface area contributed by atoms with E-state index < -0.39 is 15.8 Å². The van der Waals surface area contributed by atoms with Gasteiger partial charge in [0.05, 0.1) is 15.5 Å². The number of carboxylic acids is 1. The Morgan fingerprint density at radius 1 is 1.19 bits per heavy atom. The maximum absolute atomic E-state index is 11.5. The van der Waals surface area contributed by atoms with Gasteiger partial charge in [-0.2, -0.15) is 0 Å². The van der Waals surface area contributed by atoms with Crippen molar-refractivity contribution < 1.29 is 23.1 Å². The van der Waals surface area contributed by atoms with Crippen molar-refractivity contribution in [3.63, 3.8) is 0 Å². The molecule has 110 valence electrons. The lowest BCUT2D eigenvalue weighted by molar-refractivity contribution is 0.0697. The Hall–Kier alpha value is -2.05. The van der Waals surface area contributed by atoms with E-state index in [1.54, 1.807) is 12.1 Å². The fraction of sp³-hybridized carbons (Fsp3) is 0.0714. The fourth-order valence-corrected chi connectivity index (χ4v) is 2.49. The molecule has 0 bridgehead atoms. The predicted octanol–water partition coefficient (Wildman–Crippen LogP) is 3.23. The molecule has 5 nitrogen and oxygen atoms in total. The Morgan fingerprint density at radius 2 is 1.90 bits per heavy atom. The van der Waals surface area contributed by atoms with Crippen molar-refractivity contribution in [2.75, 3.05) is 6.26 Å². The van der Waals surface area contributed by atoms with Crippen molar-refractivity contribution in [3.05, 3.63) is 53.1 Å². The molecular formula is C14H11ClO5S. The molecule has 0 saturated carbocycles. The van der Waals surface area contributed by atoms with Gasteiger partial charge in [0.15, 0.2) is 9.84 Å². The molecule has 2 rings (SSSR count). The highest BCUT2D eigenvalue weighted by Gasteiger charge is 2.11. The lowest BCUT2D eigenvalue weighted by Crippen LogP contribution is -1.98. The number of aromatic carboxylic acids is 1. The van der Waals surface area contributed by atoms with Crippen LogP contribution in [0.3, 0.4) is 0 Å². The van der Waals surface area contributed by atoms with Crippen LogP contribution in [0.15, 0.2) is 47.4 Å². The molecule has 0 spiro atoms. The Balaban J connectivity index is 2.33. The summed E-state index contributed by atoms with van der Waals surface area (Å²) in [6, 6.07) is 9.98. The third-order valence-corrected chi connectivity index (χ3v) is 4.05. The molecule has 0 aliphatic carbocycles. The van der Waals surface area contributed by atoms with Crippen molar-refractivity contribution in [3.8, 4) is 11.5 Å². The van der Waals surface area contributed by atoms with Gasteiger partial charge in [0.2, 0.25) is 0 Å². The van der Waals surface area contributed by atoms with Crippen LogP contribution >= 0.6 is 11.6 Å². The topological polar surface area (TPSA) is 80.7 Å². The number of rotatable bonds is 4. The standard InChI is InChI=1S/C14H11ClO5S/c1-21(18,19)11-4-2-3-10(8-11)20-13-6-5-9(14(16)17)7-12(13)15/h2-8H,1H3,(H,16,17). The highest BCUT2D eigenvalue weighted by molar-refractivity contribution is 7.90. The highest BCUT2D eigenvalue weighted by Crippen LogP contribution is 2.31. The zero-order chi connectivity index (χ0) is 15.6. The van der Waals surface area contributed by atoms with Crippen LogP contribution in [0.4, 0.5) is 0 Å². The smallest absolute Gasteiger partial charge is 0.335 e. The van der Waals surface area contributed by atoms with Gasteiger partial charge >= 0.3 is 5.97 Å². The van der Waals surface area contributed by atoms with Gasteiger partial charge in [-0.1, -0.05) is 17.7 Å². The average Bonchev–Trinajstić information content (AvgIpc) is 2.40. The summed E-state index contributed by atoms with van der Waals surface area (Å²) < 4.78 is 28.4. The summed E-state index contributed by atoms with van der Waals surface area (Å²) in [7, 11) is -3.34. The number of benzene rings is 2. The van der Waals surface area contributed by atoms with Crippen LogP contribution in [0.1, 0.15) is 10.4 Å². The minimum atomic E-state index is -3.34. The molecule has 0 aliphatic heterocycles. The molecule has 0 fully saturated rings. The van der Waals surface area contributed by atoms with Crippen LogP contribution in [0.2, 0.25) is 5.02 Å². The summed E-state index contributed by atoms with van der Waals surface area (Å²) >= 11 is 5.95. The predicted molar refractivity (Wildman–Crippen MR) is 78.0 cm³/mol. The fourth-order valence-electron chi connectivity index (χ4n) is 1.61. The SMILES string of the molecule is CS(=O)(=O)c1cccc(Oc2ccc(C(=O)O)cc2Cl)c1. The number of sulfone groups is 1. The summed E-state index contributed by atoms with van der Waals surface area (Å²) in [5.41, 5.74) is 0.0391. The number of carbonyl (C=O) groups is 1. The van der Waals surface area contributed by atoms with Crippen LogP contribution in [0.5, 0.6) is 11.5 Å². The lowest BCUT2D eigenvalue weighted by atomic mass is 10.2. The van der Waals surface area contributed by atoms with E-state index in [1.165, 1.54) is 30.3 Å². The van der Waals surface area contributed by atoms with Crippen LogP contribution in [-0.2, 0) is 9.84 Å². The number of carboxylic acid groups (broad SMARTS) is 1. The van der Waals surface area contributed by atoms with Crippen LogP contribution < -0.4 is 4.74 Å². The summed E-state index contributed by atoms with van der Waals surface area (Å²) in [6.45, 7) is 0. The monoisotopic (exact) mass is 326 g/mol. The lowest BCUT2D eigenvalue weighted by Gasteiger charge is -2.09. The summed E-state index contributed by atoms with van der Waals surface area (Å²) in [4.78, 5) is 10.9. The second kappa shape index (κ2) is 5.75. The van der Waals surface area contributed by atoms with E-state index in [4.69, 9.17) is 21.4 Å². The van der Waals surface area contributed by atoms with Gasteiger partial charge in [-0.15, -0.1) is 0 Å². The van der Waals surface area contributed by atoms with Crippen LogP contribution in [0.25, 0.3) is 0 Å². The Kier molecular flexibility index (Phi) is 4.20. The van der Waals surface area contributed by atoms with E-state index in [9.17, 15) is 13.2 Å². The van der Waals surface area contributed by atoms with E-state index in [0.717, 1.165) is 6.26 Å². The number of hydrogen-bond acceptors (Lipinski definition) is 4. The first-order chi connectivity index (χ1) is 9.77. The van der Waals surface area contributed by atoms with Crippen molar-refractivity contribution in [1.82, 2.24) is 0 Å². The molecule has 0 unspecified atom stereocenters. The largest absolute Gasteiger partial charge is 0.478 e. The normalized spacial score (nSPS) is 11.1. The molecule has 7 heteroatoms. The number of hydrogen-bond donors (Lipinski definition) is 1. The molecule has 0 atom stereocenters. The Morgan fingerprint density at radius 3 is 2.48 bits per heavy atom. The summed E-state index contributed by atoms with van der Waals surface area (Å²) in [5.74, 6) is -0.558. The van der Waals surface area contributed by atoms with Crippen molar-refractivity contribution in [2.24, 2.45) is 0 Å². The Labute approximate surface area is 126 Å². The van der Waals surface area contributed by atoms with E-state index in [1.807, 2.05) is 0 Å². The van der Waals surface area contributed by atoms with Gasteiger partial charge in [0, 0.05) is 6.26 Å². The molecule has 0 aliphatic rings. The average molecular weight is 327 g/mol. The molecular weight excluding hydrogens is 316 g/mol. The van der Waals surface area contributed by atoms with Crippen LogP contribution in [-0.4, -0.2) is 25.7 Å². The Bertz CT molecular complexity index is 799. The van der Waals surface area contributed by atoms with E-state index >= 15 is 0 Å².